The summed E-state index contributed by atoms with van der Waals surface area (Å²) in [6.45, 7) is 25.6. The van der Waals surface area contributed by atoms with Gasteiger partial charge in [-0.15, -0.1) is 0 Å². The van der Waals surface area contributed by atoms with Gasteiger partial charge in [-0.3, -0.25) is 0 Å². The Balaban J connectivity index is 1.90. The van der Waals surface area contributed by atoms with Gasteiger partial charge in [-0.1, -0.05) is 48.5 Å². The van der Waals surface area contributed by atoms with Crippen LogP contribution in [-0.2, 0) is 13.6 Å². The molecule has 0 aromatic heterocycles. The Hall–Kier alpha value is 0.274. The van der Waals surface area contributed by atoms with Gasteiger partial charge in [0.2, 0.25) is 0 Å². The van der Waals surface area contributed by atoms with E-state index in [0.717, 1.165) is 32.1 Å². The SMILES string of the molecule is CC(C)(C)[Si](C)(C)O[C@H]1CCC[C@@]23O[C@]2(CO)[C@@H](O[Si](C)(C)C(C)(C)C)CC[C@]13C. The van der Waals surface area contributed by atoms with Crippen LogP contribution in [0.2, 0.25) is 36.3 Å². The summed E-state index contributed by atoms with van der Waals surface area (Å²) in [7, 11) is -3.84. The number of epoxide rings is 1. The van der Waals surface area contributed by atoms with Gasteiger partial charge in [0.1, 0.15) is 11.2 Å². The van der Waals surface area contributed by atoms with Gasteiger partial charge in [-0.05, 0) is 68.4 Å². The second-order valence-electron chi connectivity index (χ2n) is 13.6. The van der Waals surface area contributed by atoms with E-state index in [2.05, 4.69) is 74.7 Å². The third-order valence-electron chi connectivity index (χ3n) is 9.79. The second-order valence-corrected chi connectivity index (χ2v) is 23.1. The third-order valence-corrected chi connectivity index (χ3v) is 18.8. The summed E-state index contributed by atoms with van der Waals surface area (Å²) < 4.78 is 20.6. The molecule has 3 fully saturated rings. The highest BCUT2D eigenvalue weighted by Crippen LogP contribution is 2.72. The van der Waals surface area contributed by atoms with Gasteiger partial charge in [0.25, 0.3) is 0 Å². The molecule has 6 heteroatoms. The molecule has 1 heterocycles. The molecule has 0 aromatic rings. The molecule has 0 radical (unpaired) electrons. The zero-order valence-electron chi connectivity index (χ0n) is 21.6. The predicted octanol–water partition coefficient (Wildman–Crippen LogP) is 6.25. The molecule has 1 spiro atoms. The Morgan fingerprint density at radius 2 is 1.37 bits per heavy atom. The highest BCUT2D eigenvalue weighted by Gasteiger charge is 2.83. The number of rotatable bonds is 5. The van der Waals surface area contributed by atoms with Crippen LogP contribution >= 0.6 is 0 Å². The highest BCUT2D eigenvalue weighted by atomic mass is 28.4. The van der Waals surface area contributed by atoms with E-state index in [1.807, 2.05) is 0 Å². The summed E-state index contributed by atoms with van der Waals surface area (Å²) >= 11 is 0. The van der Waals surface area contributed by atoms with Gasteiger partial charge in [-0.2, -0.15) is 0 Å². The molecular formula is C24H48O4Si2. The Kier molecular flexibility index (Phi) is 5.92. The Morgan fingerprint density at radius 1 is 0.867 bits per heavy atom. The van der Waals surface area contributed by atoms with Crippen molar-refractivity contribution in [1.82, 2.24) is 0 Å². The van der Waals surface area contributed by atoms with Gasteiger partial charge >= 0.3 is 0 Å². The van der Waals surface area contributed by atoms with Crippen molar-refractivity contribution >= 4 is 16.6 Å². The zero-order chi connectivity index (χ0) is 23.0. The van der Waals surface area contributed by atoms with Crippen molar-refractivity contribution in [3.63, 3.8) is 0 Å². The molecule has 1 aliphatic heterocycles. The van der Waals surface area contributed by atoms with Gasteiger partial charge in [0, 0.05) is 5.41 Å². The highest BCUT2D eigenvalue weighted by molar-refractivity contribution is 6.74. The van der Waals surface area contributed by atoms with Crippen LogP contribution in [0.3, 0.4) is 0 Å². The van der Waals surface area contributed by atoms with Crippen molar-refractivity contribution < 1.29 is 18.7 Å². The molecule has 0 amide bonds. The molecule has 2 aliphatic carbocycles. The summed E-state index contributed by atoms with van der Waals surface area (Å²) in [5.74, 6) is 0. The molecule has 0 bridgehead atoms. The van der Waals surface area contributed by atoms with E-state index < -0.39 is 22.2 Å². The van der Waals surface area contributed by atoms with Crippen LogP contribution in [0.5, 0.6) is 0 Å². The summed E-state index contributed by atoms with van der Waals surface area (Å²) in [4.78, 5) is 0. The Morgan fingerprint density at radius 3 is 1.83 bits per heavy atom. The molecule has 3 rings (SSSR count). The predicted molar refractivity (Wildman–Crippen MR) is 129 cm³/mol. The minimum absolute atomic E-state index is 0.0110. The Labute approximate surface area is 187 Å². The lowest BCUT2D eigenvalue weighted by molar-refractivity contribution is -0.0783. The average Bonchev–Trinajstić information content (AvgIpc) is 3.25. The molecule has 176 valence electrons. The monoisotopic (exact) mass is 456 g/mol. The molecule has 30 heavy (non-hydrogen) atoms. The molecule has 0 aromatic carbocycles. The van der Waals surface area contributed by atoms with Crippen molar-refractivity contribution in [3.05, 3.63) is 0 Å². The number of hydrogen-bond donors (Lipinski definition) is 1. The van der Waals surface area contributed by atoms with Crippen molar-refractivity contribution in [3.8, 4) is 0 Å². The smallest absolute Gasteiger partial charge is 0.192 e. The van der Waals surface area contributed by atoms with Crippen LogP contribution in [0.1, 0.15) is 80.6 Å². The first-order valence-corrected chi connectivity index (χ1v) is 17.9. The van der Waals surface area contributed by atoms with E-state index in [4.69, 9.17) is 13.6 Å². The summed E-state index contributed by atoms with van der Waals surface area (Å²) in [6.07, 6.45) is 5.40. The van der Waals surface area contributed by atoms with Crippen LogP contribution < -0.4 is 0 Å². The number of aliphatic hydroxyl groups is 1. The van der Waals surface area contributed by atoms with Crippen molar-refractivity contribution in [2.45, 2.75) is 140 Å². The lowest BCUT2D eigenvalue weighted by Crippen LogP contribution is -2.63. The summed E-state index contributed by atoms with van der Waals surface area (Å²) in [5.41, 5.74) is -0.910. The largest absolute Gasteiger partial charge is 0.413 e. The number of ether oxygens (including phenoxy) is 1. The standard InChI is InChI=1S/C24H48O4Si2/c1-20(2,3)29(8,9)26-18-13-12-15-24-22(18,7)16-14-19(23(24,17-25)28-24)27-30(10,11)21(4,5)6/h18-19,25H,12-17H2,1-11H3/t18-,19-,22+,23+,24-/m0/s1. The van der Waals surface area contributed by atoms with Crippen LogP contribution in [-0.4, -0.2) is 51.8 Å². The molecular weight excluding hydrogens is 408 g/mol. The maximum absolute atomic E-state index is 10.6. The van der Waals surface area contributed by atoms with Gasteiger partial charge in [0.15, 0.2) is 16.6 Å². The van der Waals surface area contributed by atoms with Crippen LogP contribution in [0, 0.1) is 5.41 Å². The molecule has 3 aliphatic rings. The topological polar surface area (TPSA) is 51.2 Å². The second kappa shape index (κ2) is 7.13. The van der Waals surface area contributed by atoms with E-state index in [9.17, 15) is 5.11 Å². The lowest BCUT2D eigenvalue weighted by atomic mass is 9.54. The molecule has 2 saturated carbocycles. The Bertz CT molecular complexity index is 665. The van der Waals surface area contributed by atoms with Gasteiger partial charge < -0.3 is 18.7 Å². The first-order chi connectivity index (χ1) is 13.4. The van der Waals surface area contributed by atoms with E-state index in [1.165, 1.54) is 0 Å². The fraction of sp³-hybridized carbons (Fsp3) is 1.00. The van der Waals surface area contributed by atoms with E-state index >= 15 is 0 Å². The van der Waals surface area contributed by atoms with E-state index in [0.29, 0.717) is 0 Å². The minimum atomic E-state index is -1.95. The lowest BCUT2D eigenvalue weighted by Gasteiger charge is -2.55. The molecule has 0 unspecified atom stereocenters. The molecule has 1 N–H and O–H groups in total. The van der Waals surface area contributed by atoms with E-state index in [1.54, 1.807) is 0 Å². The van der Waals surface area contributed by atoms with Crippen molar-refractivity contribution in [2.75, 3.05) is 6.61 Å². The fourth-order valence-corrected chi connectivity index (χ4v) is 8.39. The zero-order valence-corrected chi connectivity index (χ0v) is 23.6. The van der Waals surface area contributed by atoms with Gasteiger partial charge in [0.05, 0.1) is 18.8 Å². The first kappa shape index (κ1) is 24.9. The normalized spacial score (nSPS) is 40.0. The summed E-state index contributed by atoms with van der Waals surface area (Å²) in [5, 5.41) is 11.0. The van der Waals surface area contributed by atoms with Crippen LogP contribution in [0.4, 0.5) is 0 Å². The van der Waals surface area contributed by atoms with Crippen molar-refractivity contribution in [1.29, 1.82) is 0 Å². The summed E-state index contributed by atoms with van der Waals surface area (Å²) in [6, 6.07) is 0. The fourth-order valence-electron chi connectivity index (χ4n) is 5.57. The quantitative estimate of drug-likeness (QED) is 0.392. The molecule has 5 atom stereocenters. The maximum Gasteiger partial charge on any atom is 0.192 e. The van der Waals surface area contributed by atoms with E-state index in [-0.39, 0.29) is 39.9 Å². The van der Waals surface area contributed by atoms with Crippen LogP contribution in [0.15, 0.2) is 0 Å². The van der Waals surface area contributed by atoms with Crippen molar-refractivity contribution in [2.24, 2.45) is 5.41 Å². The molecule has 4 nitrogen and oxygen atoms in total. The third kappa shape index (κ3) is 3.43. The minimum Gasteiger partial charge on any atom is -0.413 e. The molecule has 1 saturated heterocycles. The first-order valence-electron chi connectivity index (χ1n) is 12.1. The van der Waals surface area contributed by atoms with Gasteiger partial charge in [-0.25, -0.2) is 0 Å². The van der Waals surface area contributed by atoms with Crippen LogP contribution in [0.25, 0.3) is 0 Å². The maximum atomic E-state index is 10.6. The number of hydrogen-bond acceptors (Lipinski definition) is 4. The average molecular weight is 457 g/mol. The number of aliphatic hydroxyl groups excluding tert-OH is 1.